The van der Waals surface area contributed by atoms with Crippen LogP contribution in [0.1, 0.15) is 25.5 Å². The molecule has 0 saturated carbocycles. The van der Waals surface area contributed by atoms with Crippen LogP contribution in [0.5, 0.6) is 0 Å². The lowest BCUT2D eigenvalue weighted by molar-refractivity contribution is -0.152. The molecule has 1 rings (SSSR count). The molecule has 0 aromatic heterocycles. The zero-order valence-corrected chi connectivity index (χ0v) is 9.97. The molecule has 0 bridgehead atoms. The Labute approximate surface area is 96.4 Å². The van der Waals surface area contributed by atoms with Crippen LogP contribution in [-0.2, 0) is 14.3 Å². The Hall–Kier alpha value is -1.35. The summed E-state index contributed by atoms with van der Waals surface area (Å²) in [4.78, 5) is 11.6. The lowest BCUT2D eigenvalue weighted by Crippen LogP contribution is -2.23. The molecule has 16 heavy (non-hydrogen) atoms. The van der Waals surface area contributed by atoms with Crippen molar-refractivity contribution >= 4 is 5.97 Å². The van der Waals surface area contributed by atoms with Crippen LogP contribution in [0.15, 0.2) is 30.3 Å². The molecule has 88 valence electrons. The van der Waals surface area contributed by atoms with Gasteiger partial charge in [0.1, 0.15) is 0 Å². The molecule has 3 nitrogen and oxygen atoms in total. The van der Waals surface area contributed by atoms with E-state index in [1.807, 2.05) is 37.3 Å². The molecule has 0 unspecified atom stereocenters. The van der Waals surface area contributed by atoms with Crippen molar-refractivity contribution < 1.29 is 14.3 Å². The van der Waals surface area contributed by atoms with Gasteiger partial charge in [-0.3, -0.25) is 4.79 Å². The van der Waals surface area contributed by atoms with Gasteiger partial charge in [-0.05, 0) is 19.4 Å². The number of esters is 1. The second kappa shape index (κ2) is 6.28. The van der Waals surface area contributed by atoms with Gasteiger partial charge in [-0.1, -0.05) is 30.3 Å². The zero-order valence-electron chi connectivity index (χ0n) is 9.97. The van der Waals surface area contributed by atoms with Gasteiger partial charge in [0, 0.05) is 7.11 Å². The molecule has 0 spiro atoms. The van der Waals surface area contributed by atoms with Crippen LogP contribution in [0.4, 0.5) is 0 Å². The number of rotatable bonds is 5. The molecule has 0 aliphatic heterocycles. The van der Waals surface area contributed by atoms with Gasteiger partial charge in [0.2, 0.25) is 0 Å². The van der Waals surface area contributed by atoms with Crippen LogP contribution in [0.2, 0.25) is 0 Å². The minimum absolute atomic E-state index is 0.224. The molecule has 0 aliphatic rings. The Morgan fingerprint density at radius 1 is 1.31 bits per heavy atom. The molecular formula is C13H18O3. The average Bonchev–Trinajstić information content (AvgIpc) is 2.31. The van der Waals surface area contributed by atoms with Gasteiger partial charge in [0.05, 0.1) is 18.6 Å². The first-order chi connectivity index (χ1) is 7.70. The van der Waals surface area contributed by atoms with Crippen molar-refractivity contribution in [2.45, 2.75) is 20.0 Å². The molecule has 1 aromatic carbocycles. The number of hydrogen-bond donors (Lipinski definition) is 0. The summed E-state index contributed by atoms with van der Waals surface area (Å²) in [6.45, 7) is 4.02. The van der Waals surface area contributed by atoms with Gasteiger partial charge >= 0.3 is 5.97 Å². The summed E-state index contributed by atoms with van der Waals surface area (Å²) in [6, 6.07) is 9.69. The Balaban J connectivity index is 2.78. The van der Waals surface area contributed by atoms with E-state index in [4.69, 9.17) is 9.47 Å². The second-order valence-corrected chi connectivity index (χ2v) is 3.61. The molecule has 0 radical (unpaired) electrons. The highest BCUT2D eigenvalue weighted by atomic mass is 16.5. The Morgan fingerprint density at radius 2 is 1.94 bits per heavy atom. The van der Waals surface area contributed by atoms with E-state index in [1.54, 1.807) is 14.0 Å². The molecule has 2 atom stereocenters. The predicted molar refractivity (Wildman–Crippen MR) is 62.0 cm³/mol. The summed E-state index contributed by atoms with van der Waals surface area (Å²) in [5.74, 6) is -0.523. The summed E-state index contributed by atoms with van der Waals surface area (Å²) in [7, 11) is 1.60. The lowest BCUT2D eigenvalue weighted by atomic mass is 9.97. The maximum atomic E-state index is 11.6. The summed E-state index contributed by atoms with van der Waals surface area (Å²) in [5, 5.41) is 0. The standard InChI is InChI=1S/C13H18O3/c1-4-16-13(14)10(2)12(15-3)11-8-6-5-7-9-11/h5-10,12H,4H2,1-3H3/t10-,12+/m1/s1. The predicted octanol–water partition coefficient (Wildman–Crippen LogP) is 2.57. The molecule has 3 heteroatoms. The molecule has 1 aromatic rings. The van der Waals surface area contributed by atoms with Crippen LogP contribution in [0.25, 0.3) is 0 Å². The van der Waals surface area contributed by atoms with E-state index in [-0.39, 0.29) is 18.0 Å². The number of methoxy groups -OCH3 is 1. The summed E-state index contributed by atoms with van der Waals surface area (Å²) < 4.78 is 10.4. The maximum Gasteiger partial charge on any atom is 0.311 e. The lowest BCUT2D eigenvalue weighted by Gasteiger charge is -2.21. The number of hydrogen-bond acceptors (Lipinski definition) is 3. The fourth-order valence-corrected chi connectivity index (χ4v) is 1.67. The van der Waals surface area contributed by atoms with E-state index in [0.29, 0.717) is 6.61 Å². The third-order valence-electron chi connectivity index (χ3n) is 2.49. The number of carbonyl (C=O) groups is 1. The number of carbonyl (C=O) groups excluding carboxylic acids is 1. The maximum absolute atomic E-state index is 11.6. The third kappa shape index (κ3) is 3.07. The molecular weight excluding hydrogens is 204 g/mol. The van der Waals surface area contributed by atoms with Crippen molar-refractivity contribution in [2.75, 3.05) is 13.7 Å². The normalized spacial score (nSPS) is 14.2. The van der Waals surface area contributed by atoms with Gasteiger partial charge in [-0.25, -0.2) is 0 Å². The first-order valence-electron chi connectivity index (χ1n) is 5.45. The van der Waals surface area contributed by atoms with E-state index in [1.165, 1.54) is 0 Å². The Bertz CT molecular complexity index is 321. The molecule has 0 heterocycles. The van der Waals surface area contributed by atoms with Gasteiger partial charge in [-0.15, -0.1) is 0 Å². The van der Waals surface area contributed by atoms with Crippen molar-refractivity contribution in [1.82, 2.24) is 0 Å². The minimum atomic E-state index is -0.299. The molecule has 0 amide bonds. The van der Waals surface area contributed by atoms with Crippen LogP contribution in [0, 0.1) is 5.92 Å². The molecule has 0 N–H and O–H groups in total. The first-order valence-corrected chi connectivity index (χ1v) is 5.45. The highest BCUT2D eigenvalue weighted by Crippen LogP contribution is 2.25. The average molecular weight is 222 g/mol. The Kier molecular flexibility index (Phi) is 4.99. The van der Waals surface area contributed by atoms with E-state index >= 15 is 0 Å². The summed E-state index contributed by atoms with van der Waals surface area (Å²) >= 11 is 0. The highest BCUT2D eigenvalue weighted by Gasteiger charge is 2.26. The topological polar surface area (TPSA) is 35.5 Å². The van der Waals surface area contributed by atoms with Crippen molar-refractivity contribution in [1.29, 1.82) is 0 Å². The second-order valence-electron chi connectivity index (χ2n) is 3.61. The van der Waals surface area contributed by atoms with E-state index < -0.39 is 0 Å². The quantitative estimate of drug-likeness (QED) is 0.718. The first kappa shape index (κ1) is 12.7. The highest BCUT2D eigenvalue weighted by molar-refractivity contribution is 5.73. The van der Waals surface area contributed by atoms with E-state index in [9.17, 15) is 4.79 Å². The fourth-order valence-electron chi connectivity index (χ4n) is 1.67. The van der Waals surface area contributed by atoms with E-state index in [2.05, 4.69) is 0 Å². The summed E-state index contributed by atoms with van der Waals surface area (Å²) in [6.07, 6.45) is -0.250. The molecule has 0 fully saturated rings. The summed E-state index contributed by atoms with van der Waals surface area (Å²) in [5.41, 5.74) is 0.991. The van der Waals surface area contributed by atoms with Crippen molar-refractivity contribution in [3.63, 3.8) is 0 Å². The van der Waals surface area contributed by atoms with Crippen molar-refractivity contribution in [2.24, 2.45) is 5.92 Å². The number of ether oxygens (including phenoxy) is 2. The SMILES string of the molecule is CCOC(=O)[C@H](C)[C@H](OC)c1ccccc1. The van der Waals surface area contributed by atoms with Gasteiger partial charge in [0.25, 0.3) is 0 Å². The van der Waals surface area contributed by atoms with Gasteiger partial charge < -0.3 is 9.47 Å². The Morgan fingerprint density at radius 3 is 2.44 bits per heavy atom. The van der Waals surface area contributed by atoms with Gasteiger partial charge in [0.15, 0.2) is 0 Å². The minimum Gasteiger partial charge on any atom is -0.466 e. The van der Waals surface area contributed by atoms with Gasteiger partial charge in [-0.2, -0.15) is 0 Å². The fraction of sp³-hybridized carbons (Fsp3) is 0.462. The van der Waals surface area contributed by atoms with Crippen molar-refractivity contribution in [3.8, 4) is 0 Å². The van der Waals surface area contributed by atoms with E-state index in [0.717, 1.165) is 5.56 Å². The van der Waals surface area contributed by atoms with Crippen LogP contribution in [-0.4, -0.2) is 19.7 Å². The monoisotopic (exact) mass is 222 g/mol. The smallest absolute Gasteiger partial charge is 0.311 e. The number of benzene rings is 1. The largest absolute Gasteiger partial charge is 0.466 e. The zero-order chi connectivity index (χ0) is 12.0. The molecule has 0 aliphatic carbocycles. The van der Waals surface area contributed by atoms with Crippen LogP contribution in [0.3, 0.4) is 0 Å². The third-order valence-corrected chi connectivity index (χ3v) is 2.49. The molecule has 0 saturated heterocycles. The van der Waals surface area contributed by atoms with Crippen LogP contribution >= 0.6 is 0 Å². The van der Waals surface area contributed by atoms with Crippen LogP contribution < -0.4 is 0 Å². The van der Waals surface area contributed by atoms with Crippen molar-refractivity contribution in [3.05, 3.63) is 35.9 Å².